The third-order valence-electron chi connectivity index (χ3n) is 6.60. The molecule has 1 rings (SSSR count). The van der Waals surface area contributed by atoms with Gasteiger partial charge in [0.25, 0.3) is 5.82 Å². The van der Waals surface area contributed by atoms with Crippen LogP contribution in [0.15, 0.2) is 12.4 Å². The van der Waals surface area contributed by atoms with Crippen molar-refractivity contribution in [1.82, 2.24) is 4.57 Å². The molecule has 0 atom stereocenters. The summed E-state index contributed by atoms with van der Waals surface area (Å²) in [4.78, 5) is 0. The van der Waals surface area contributed by atoms with E-state index < -0.39 is 0 Å². The normalized spacial score (nSPS) is 11.4. The fraction of sp³-hybridized carbons (Fsp3) is 0.893. The molecule has 0 aromatic carbocycles. The molecule has 1 heterocycles. The van der Waals surface area contributed by atoms with Crippen molar-refractivity contribution in [3.05, 3.63) is 18.2 Å². The zero-order valence-electron chi connectivity index (χ0n) is 21.1. The van der Waals surface area contributed by atoms with Crippen LogP contribution < -0.4 is 4.57 Å². The van der Waals surface area contributed by atoms with Crippen LogP contribution in [0.4, 0.5) is 0 Å². The molecule has 0 spiro atoms. The minimum Gasteiger partial charge on any atom is -0.234 e. The first-order valence-electron chi connectivity index (χ1n) is 13.9. The maximum atomic E-state index is 2.59. The van der Waals surface area contributed by atoms with Gasteiger partial charge >= 0.3 is 0 Å². The van der Waals surface area contributed by atoms with Gasteiger partial charge in [-0.1, -0.05) is 111 Å². The van der Waals surface area contributed by atoms with Crippen molar-refractivity contribution >= 4 is 0 Å². The average Bonchev–Trinajstić information content (AvgIpc) is 3.14. The fourth-order valence-electron chi connectivity index (χ4n) is 4.56. The first kappa shape index (κ1) is 27.2. The summed E-state index contributed by atoms with van der Waals surface area (Å²) in [6.45, 7) is 9.36. The molecule has 0 unspecified atom stereocenters. The van der Waals surface area contributed by atoms with E-state index >= 15 is 0 Å². The Morgan fingerprint density at radius 2 is 1.03 bits per heavy atom. The van der Waals surface area contributed by atoms with Gasteiger partial charge in [0.1, 0.15) is 12.4 Å². The SMILES string of the molecule is CCCCCCCCCc1n(CCCCCCC)cc[n+]1CCCCCCCCC. The second-order valence-electron chi connectivity index (χ2n) is 9.51. The molecule has 0 aliphatic heterocycles. The van der Waals surface area contributed by atoms with Gasteiger partial charge in [-0.15, -0.1) is 0 Å². The molecular formula is C28H55N2+. The molecule has 0 amide bonds. The monoisotopic (exact) mass is 419 g/mol. The molecule has 0 aliphatic carbocycles. The number of rotatable bonds is 22. The van der Waals surface area contributed by atoms with Gasteiger partial charge in [0.2, 0.25) is 0 Å². The predicted octanol–water partition coefficient (Wildman–Crippen LogP) is 8.79. The van der Waals surface area contributed by atoms with Gasteiger partial charge in [0, 0.05) is 6.42 Å². The largest absolute Gasteiger partial charge is 0.256 e. The maximum Gasteiger partial charge on any atom is 0.256 e. The number of aromatic nitrogens is 2. The number of hydrogen-bond acceptors (Lipinski definition) is 0. The zero-order chi connectivity index (χ0) is 21.7. The molecule has 0 fully saturated rings. The number of nitrogens with zero attached hydrogens (tertiary/aromatic N) is 2. The van der Waals surface area contributed by atoms with E-state index in [1.807, 2.05) is 0 Å². The van der Waals surface area contributed by atoms with Crippen LogP contribution in [0.25, 0.3) is 0 Å². The van der Waals surface area contributed by atoms with Crippen LogP contribution >= 0.6 is 0 Å². The molecule has 0 saturated carbocycles. The lowest BCUT2D eigenvalue weighted by Gasteiger charge is -2.07. The number of imidazole rings is 1. The van der Waals surface area contributed by atoms with E-state index in [0.717, 1.165) is 0 Å². The topological polar surface area (TPSA) is 8.81 Å². The summed E-state index contributed by atoms with van der Waals surface area (Å²) in [5.74, 6) is 1.60. The molecule has 2 heteroatoms. The van der Waals surface area contributed by atoms with E-state index in [1.54, 1.807) is 5.82 Å². The van der Waals surface area contributed by atoms with Crippen LogP contribution in [0.1, 0.15) is 149 Å². The Morgan fingerprint density at radius 1 is 0.567 bits per heavy atom. The van der Waals surface area contributed by atoms with Crippen LogP contribution in [-0.2, 0) is 19.5 Å². The van der Waals surface area contributed by atoms with E-state index in [4.69, 9.17) is 0 Å². The van der Waals surface area contributed by atoms with Gasteiger partial charge in [0.05, 0.1) is 13.1 Å². The van der Waals surface area contributed by atoms with E-state index in [0.29, 0.717) is 0 Å². The fourth-order valence-corrected chi connectivity index (χ4v) is 4.56. The van der Waals surface area contributed by atoms with Crippen LogP contribution in [0.2, 0.25) is 0 Å². The van der Waals surface area contributed by atoms with Gasteiger partial charge in [-0.05, 0) is 32.1 Å². The Labute approximate surface area is 189 Å². The van der Waals surface area contributed by atoms with Crippen molar-refractivity contribution in [2.45, 2.75) is 162 Å². The van der Waals surface area contributed by atoms with E-state index in [-0.39, 0.29) is 0 Å². The highest BCUT2D eigenvalue weighted by molar-refractivity contribution is 4.84. The van der Waals surface area contributed by atoms with Crippen LogP contribution in [-0.4, -0.2) is 4.57 Å². The third-order valence-corrected chi connectivity index (χ3v) is 6.60. The molecule has 1 aromatic heterocycles. The van der Waals surface area contributed by atoms with Gasteiger partial charge < -0.3 is 0 Å². The lowest BCUT2D eigenvalue weighted by molar-refractivity contribution is -0.704. The van der Waals surface area contributed by atoms with Crippen LogP contribution in [0.3, 0.4) is 0 Å². The second kappa shape index (κ2) is 20.1. The quantitative estimate of drug-likeness (QED) is 0.131. The minimum atomic E-state index is 1.22. The van der Waals surface area contributed by atoms with Crippen molar-refractivity contribution in [3.8, 4) is 0 Å². The highest BCUT2D eigenvalue weighted by atomic mass is 15.1. The number of aryl methyl sites for hydroxylation is 2. The molecule has 0 bridgehead atoms. The van der Waals surface area contributed by atoms with Gasteiger partial charge in [0.15, 0.2) is 0 Å². The molecule has 0 aliphatic rings. The molecular weight excluding hydrogens is 364 g/mol. The molecule has 2 nitrogen and oxygen atoms in total. The molecule has 176 valence electrons. The Kier molecular flexibility index (Phi) is 18.3. The van der Waals surface area contributed by atoms with Crippen molar-refractivity contribution in [2.75, 3.05) is 0 Å². The number of hydrogen-bond donors (Lipinski definition) is 0. The van der Waals surface area contributed by atoms with Crippen LogP contribution in [0, 0.1) is 0 Å². The van der Waals surface area contributed by atoms with Gasteiger partial charge in [-0.25, -0.2) is 9.13 Å². The highest BCUT2D eigenvalue weighted by Gasteiger charge is 2.16. The summed E-state index contributed by atoms with van der Waals surface area (Å²) in [7, 11) is 0. The van der Waals surface area contributed by atoms with Crippen molar-refractivity contribution in [2.24, 2.45) is 0 Å². The zero-order valence-corrected chi connectivity index (χ0v) is 21.1. The number of unbranched alkanes of at least 4 members (excludes halogenated alkanes) is 16. The summed E-state index contributed by atoms with van der Waals surface area (Å²) in [6.07, 6.45) is 32.5. The van der Waals surface area contributed by atoms with E-state index in [9.17, 15) is 0 Å². The van der Waals surface area contributed by atoms with Crippen molar-refractivity contribution < 1.29 is 4.57 Å². The first-order valence-corrected chi connectivity index (χ1v) is 13.9. The average molecular weight is 420 g/mol. The highest BCUT2D eigenvalue weighted by Crippen LogP contribution is 2.12. The minimum absolute atomic E-state index is 1.22. The van der Waals surface area contributed by atoms with Crippen molar-refractivity contribution in [3.63, 3.8) is 0 Å². The van der Waals surface area contributed by atoms with Crippen LogP contribution in [0.5, 0.6) is 0 Å². The summed E-state index contributed by atoms with van der Waals surface area (Å²) in [5, 5.41) is 0. The Bertz CT molecular complexity index is 477. The third kappa shape index (κ3) is 13.5. The van der Waals surface area contributed by atoms with Gasteiger partial charge in [-0.3, -0.25) is 0 Å². The summed E-state index contributed by atoms with van der Waals surface area (Å²) in [5.41, 5.74) is 0. The Morgan fingerprint density at radius 3 is 1.60 bits per heavy atom. The lowest BCUT2D eigenvalue weighted by atomic mass is 10.1. The Hall–Kier alpha value is -0.790. The second-order valence-corrected chi connectivity index (χ2v) is 9.51. The molecule has 30 heavy (non-hydrogen) atoms. The molecule has 0 radical (unpaired) electrons. The maximum absolute atomic E-state index is 2.59. The standard InChI is InChI=1S/C28H55N2/c1-4-7-10-13-15-17-20-23-28-29(24-21-18-12-9-6-3)26-27-30(28)25-22-19-16-14-11-8-5-2/h26-27H,4-25H2,1-3H3/q+1. The molecule has 0 N–H and O–H groups in total. The van der Waals surface area contributed by atoms with E-state index in [2.05, 4.69) is 42.3 Å². The van der Waals surface area contributed by atoms with Gasteiger partial charge in [-0.2, -0.15) is 0 Å². The van der Waals surface area contributed by atoms with Crippen molar-refractivity contribution in [1.29, 1.82) is 0 Å². The summed E-state index contributed by atoms with van der Waals surface area (Å²) >= 11 is 0. The lowest BCUT2D eigenvalue weighted by Crippen LogP contribution is -2.37. The summed E-state index contributed by atoms with van der Waals surface area (Å²) < 4.78 is 5.18. The Balaban J connectivity index is 2.41. The molecule has 0 saturated heterocycles. The smallest absolute Gasteiger partial charge is 0.234 e. The molecule has 1 aromatic rings. The first-order chi connectivity index (χ1) is 14.8. The van der Waals surface area contributed by atoms with E-state index in [1.165, 1.54) is 142 Å². The predicted molar refractivity (Wildman–Crippen MR) is 133 cm³/mol. The summed E-state index contributed by atoms with van der Waals surface area (Å²) in [6, 6.07) is 0.